The van der Waals surface area contributed by atoms with E-state index in [0.717, 1.165) is 4.68 Å². The summed E-state index contributed by atoms with van der Waals surface area (Å²) in [6.45, 7) is -0.299. The fourth-order valence-electron chi connectivity index (χ4n) is 3.16. The van der Waals surface area contributed by atoms with E-state index < -0.39 is 13.0 Å². The van der Waals surface area contributed by atoms with Gasteiger partial charge in [0.15, 0.2) is 5.75 Å². The summed E-state index contributed by atoms with van der Waals surface area (Å²) in [6, 6.07) is 5.17. The summed E-state index contributed by atoms with van der Waals surface area (Å²) in [6.07, 6.45) is 1.91. The second-order valence-corrected chi connectivity index (χ2v) is 6.33. The quantitative estimate of drug-likeness (QED) is 0.632. The van der Waals surface area contributed by atoms with Crippen LogP contribution in [-0.2, 0) is 13.1 Å². The molecule has 1 aliphatic rings. The molecule has 150 valence electrons. The van der Waals surface area contributed by atoms with Crippen LogP contribution in [0, 0.1) is 0 Å². The lowest BCUT2D eigenvalue weighted by Crippen LogP contribution is -2.22. The van der Waals surface area contributed by atoms with E-state index in [0.29, 0.717) is 39.8 Å². The van der Waals surface area contributed by atoms with Crippen LogP contribution in [-0.4, -0.2) is 46.3 Å². The van der Waals surface area contributed by atoms with Crippen molar-refractivity contribution in [1.82, 2.24) is 19.7 Å². The molecule has 3 aromatic heterocycles. The van der Waals surface area contributed by atoms with Crippen molar-refractivity contribution in [3.05, 3.63) is 48.0 Å². The number of nitrogens with zero attached hydrogens (tertiary/aromatic N) is 5. The molecule has 0 N–H and O–H groups in total. The number of ether oxygens (including phenoxy) is 2. The maximum Gasteiger partial charge on any atom is 0.260 e. The zero-order chi connectivity index (χ0) is 20.5. The van der Waals surface area contributed by atoms with Gasteiger partial charge in [0.05, 0.1) is 49.6 Å². The maximum atomic E-state index is 12.7. The summed E-state index contributed by atoms with van der Waals surface area (Å²) in [5, 5.41) is 3.89. The van der Waals surface area contributed by atoms with Crippen molar-refractivity contribution in [2.45, 2.75) is 19.5 Å². The molecule has 4 heterocycles. The van der Waals surface area contributed by atoms with Gasteiger partial charge in [-0.2, -0.15) is 5.10 Å². The number of halogens is 2. The molecule has 4 rings (SSSR count). The molecule has 0 atom stereocenters. The normalized spacial score (nSPS) is 13.1. The van der Waals surface area contributed by atoms with Gasteiger partial charge in [-0.05, 0) is 18.2 Å². The van der Waals surface area contributed by atoms with Crippen LogP contribution in [0.25, 0.3) is 11.3 Å². The predicted molar refractivity (Wildman–Crippen MR) is 99.3 cm³/mol. The molecule has 1 amide bonds. The second kappa shape index (κ2) is 7.46. The number of alkyl halides is 2. The Balaban J connectivity index is 1.61. The van der Waals surface area contributed by atoms with Crippen LogP contribution >= 0.6 is 0 Å². The highest BCUT2D eigenvalue weighted by atomic mass is 19.3. The van der Waals surface area contributed by atoms with Crippen molar-refractivity contribution in [3.63, 3.8) is 0 Å². The number of pyridine rings is 2. The Bertz CT molecular complexity index is 1070. The minimum Gasteiger partial charge on any atom is -0.491 e. The van der Waals surface area contributed by atoms with E-state index in [-0.39, 0.29) is 12.5 Å². The first kappa shape index (κ1) is 18.8. The number of rotatable bonds is 6. The van der Waals surface area contributed by atoms with E-state index in [2.05, 4.69) is 15.1 Å². The fourth-order valence-corrected chi connectivity index (χ4v) is 3.16. The first-order chi connectivity index (χ1) is 14.0. The van der Waals surface area contributed by atoms with E-state index in [1.165, 1.54) is 31.5 Å². The van der Waals surface area contributed by atoms with Gasteiger partial charge in [0.1, 0.15) is 6.54 Å². The van der Waals surface area contributed by atoms with Crippen LogP contribution in [0.3, 0.4) is 0 Å². The van der Waals surface area contributed by atoms with Gasteiger partial charge in [-0.1, -0.05) is 0 Å². The monoisotopic (exact) mass is 401 g/mol. The van der Waals surface area contributed by atoms with E-state index >= 15 is 0 Å². The zero-order valence-electron chi connectivity index (χ0n) is 15.7. The number of carbonyl (C=O) groups is 1. The molecule has 29 heavy (non-hydrogen) atoms. The molecular formula is C19H17F2N5O3. The van der Waals surface area contributed by atoms with Crippen LogP contribution < -0.4 is 14.4 Å². The van der Waals surface area contributed by atoms with Crippen molar-refractivity contribution in [2.24, 2.45) is 0 Å². The first-order valence-corrected chi connectivity index (χ1v) is 8.71. The molecule has 0 radical (unpaired) electrons. The topological polar surface area (TPSA) is 82.4 Å². The van der Waals surface area contributed by atoms with Gasteiger partial charge in [-0.3, -0.25) is 19.4 Å². The van der Waals surface area contributed by atoms with Crippen LogP contribution in [0.1, 0.15) is 16.1 Å². The Kier molecular flexibility index (Phi) is 4.83. The van der Waals surface area contributed by atoms with E-state index in [9.17, 15) is 13.6 Å². The average Bonchev–Trinajstić information content (AvgIpc) is 3.30. The molecule has 1 aliphatic heterocycles. The second-order valence-electron chi connectivity index (χ2n) is 6.33. The highest BCUT2D eigenvalue weighted by Crippen LogP contribution is 2.32. The summed E-state index contributed by atoms with van der Waals surface area (Å²) in [5.41, 5.74) is 2.83. The van der Waals surface area contributed by atoms with Gasteiger partial charge in [0.25, 0.3) is 18.2 Å². The first-order valence-electron chi connectivity index (χ1n) is 8.71. The van der Waals surface area contributed by atoms with Crippen LogP contribution in [0.2, 0.25) is 0 Å². The number of hydrogen-bond donors (Lipinski definition) is 0. The Morgan fingerprint density at radius 3 is 2.76 bits per heavy atom. The Labute approximate surface area is 164 Å². The Morgan fingerprint density at radius 2 is 2.03 bits per heavy atom. The molecule has 0 aromatic carbocycles. The van der Waals surface area contributed by atoms with Crippen molar-refractivity contribution in [3.8, 4) is 22.9 Å². The molecule has 0 fully saturated rings. The van der Waals surface area contributed by atoms with Crippen LogP contribution in [0.5, 0.6) is 11.6 Å². The van der Waals surface area contributed by atoms with Crippen molar-refractivity contribution in [1.29, 1.82) is 0 Å². The van der Waals surface area contributed by atoms with Gasteiger partial charge in [-0.25, -0.2) is 13.8 Å². The van der Waals surface area contributed by atoms with Gasteiger partial charge < -0.3 is 9.47 Å². The van der Waals surface area contributed by atoms with E-state index in [4.69, 9.17) is 9.47 Å². The number of aromatic nitrogens is 4. The third-order valence-electron chi connectivity index (χ3n) is 4.54. The SMILES string of the molecule is COc1cc(-c2ccc3c(n2)CN(c2cnn(CC(F)F)c2)C3=O)cnc1OC. The summed E-state index contributed by atoms with van der Waals surface area (Å²) in [5.74, 6) is 0.581. The van der Waals surface area contributed by atoms with Crippen LogP contribution in [0.4, 0.5) is 14.5 Å². The van der Waals surface area contributed by atoms with Gasteiger partial charge in [0.2, 0.25) is 0 Å². The number of hydrogen-bond acceptors (Lipinski definition) is 6. The molecule has 0 aliphatic carbocycles. The number of methoxy groups -OCH3 is 2. The van der Waals surface area contributed by atoms with E-state index in [1.54, 1.807) is 24.4 Å². The predicted octanol–water partition coefficient (Wildman–Crippen LogP) is 2.78. The molecule has 0 spiro atoms. The van der Waals surface area contributed by atoms with Crippen molar-refractivity contribution >= 4 is 11.6 Å². The molecule has 3 aromatic rings. The maximum absolute atomic E-state index is 12.7. The zero-order valence-corrected chi connectivity index (χ0v) is 15.7. The third kappa shape index (κ3) is 3.48. The fraction of sp³-hybridized carbons (Fsp3) is 0.263. The lowest BCUT2D eigenvalue weighted by atomic mass is 10.1. The minimum atomic E-state index is -2.52. The molecule has 0 saturated heterocycles. The van der Waals surface area contributed by atoms with Gasteiger partial charge in [0, 0.05) is 18.0 Å². The Morgan fingerprint density at radius 1 is 1.21 bits per heavy atom. The van der Waals surface area contributed by atoms with Crippen molar-refractivity contribution in [2.75, 3.05) is 19.1 Å². The number of carbonyl (C=O) groups excluding carboxylic acids is 1. The molecule has 0 bridgehead atoms. The Hall–Kier alpha value is -3.56. The molecule has 8 nitrogen and oxygen atoms in total. The third-order valence-corrected chi connectivity index (χ3v) is 4.54. The highest BCUT2D eigenvalue weighted by molar-refractivity contribution is 6.09. The van der Waals surface area contributed by atoms with E-state index in [1.807, 2.05) is 0 Å². The molecular weight excluding hydrogens is 384 g/mol. The summed E-state index contributed by atoms with van der Waals surface area (Å²) < 4.78 is 36.6. The van der Waals surface area contributed by atoms with Gasteiger partial charge >= 0.3 is 0 Å². The highest BCUT2D eigenvalue weighted by Gasteiger charge is 2.31. The molecule has 10 heteroatoms. The summed E-state index contributed by atoms with van der Waals surface area (Å²) in [7, 11) is 3.02. The summed E-state index contributed by atoms with van der Waals surface area (Å²) >= 11 is 0. The van der Waals surface area contributed by atoms with Gasteiger partial charge in [-0.15, -0.1) is 0 Å². The number of anilines is 1. The average molecular weight is 401 g/mol. The smallest absolute Gasteiger partial charge is 0.260 e. The lowest BCUT2D eigenvalue weighted by Gasteiger charge is -2.11. The minimum absolute atomic E-state index is 0.225. The standard InChI is InChI=1S/C19H17F2N5O3/c1-28-16-5-11(6-22-18(16)29-2)14-4-3-13-15(24-14)9-26(19(13)27)12-7-23-25(8-12)10-17(20)21/h3-8,17H,9-10H2,1-2H3. The largest absolute Gasteiger partial charge is 0.491 e. The molecule has 0 unspecified atom stereocenters. The number of amides is 1. The number of fused-ring (bicyclic) bond motifs is 1. The molecule has 0 saturated carbocycles. The lowest BCUT2D eigenvalue weighted by molar-refractivity contribution is 0.0996. The van der Waals surface area contributed by atoms with Crippen molar-refractivity contribution < 1.29 is 23.0 Å². The van der Waals surface area contributed by atoms with Crippen LogP contribution in [0.15, 0.2) is 36.8 Å². The summed E-state index contributed by atoms with van der Waals surface area (Å²) in [4.78, 5) is 23.0.